The molecule has 0 bridgehead atoms. The monoisotopic (exact) mass is 620 g/mol. The van der Waals surface area contributed by atoms with Gasteiger partial charge in [-0.25, -0.2) is 10.9 Å². The molecule has 2 aliphatic heterocycles. The number of rotatable bonds is 11. The van der Waals surface area contributed by atoms with Gasteiger partial charge in [0, 0.05) is 40.5 Å². The molecule has 5 rings (SSSR count). The van der Waals surface area contributed by atoms with Gasteiger partial charge in [0.05, 0.1) is 30.9 Å². The Morgan fingerprint density at radius 2 is 1.80 bits per heavy atom. The predicted octanol–water partition coefficient (Wildman–Crippen LogP) is 3.67. The normalized spacial score (nSPS) is 18.9. The van der Waals surface area contributed by atoms with Crippen LogP contribution in [-0.2, 0) is 4.79 Å². The zero-order chi connectivity index (χ0) is 31.2. The summed E-state index contributed by atoms with van der Waals surface area (Å²) in [6.07, 6.45) is 1.30. The molecule has 1 fully saturated rings. The fourth-order valence-electron chi connectivity index (χ4n) is 5.39. The molecule has 0 radical (unpaired) electrons. The van der Waals surface area contributed by atoms with Crippen LogP contribution in [0.4, 0.5) is 5.69 Å². The maximum absolute atomic E-state index is 12.7. The van der Waals surface area contributed by atoms with Gasteiger partial charge in [-0.2, -0.15) is 0 Å². The fraction of sp³-hybridized carbons (Fsp3) is 0.344. The van der Waals surface area contributed by atoms with E-state index in [-0.39, 0.29) is 53.7 Å². The Balaban J connectivity index is 1.31. The number of halogens is 1. The number of carbonyl (C=O) groups excluding carboxylic acids is 2. The van der Waals surface area contributed by atoms with Crippen LogP contribution in [0.1, 0.15) is 54.6 Å². The molecule has 2 aliphatic rings. The molecule has 0 spiro atoms. The lowest BCUT2D eigenvalue weighted by molar-refractivity contribution is -0.121. The second-order valence-corrected chi connectivity index (χ2v) is 11.2. The summed E-state index contributed by atoms with van der Waals surface area (Å²) in [7, 11) is 0. The van der Waals surface area contributed by atoms with E-state index in [9.17, 15) is 19.8 Å². The van der Waals surface area contributed by atoms with Crippen molar-refractivity contribution in [2.75, 3.05) is 24.6 Å². The first kappa shape index (κ1) is 31.1. The first-order valence-corrected chi connectivity index (χ1v) is 15.1. The van der Waals surface area contributed by atoms with E-state index in [0.29, 0.717) is 43.3 Å². The number of hydrazine groups is 1. The van der Waals surface area contributed by atoms with E-state index in [1.54, 1.807) is 0 Å². The molecule has 3 atom stereocenters. The van der Waals surface area contributed by atoms with E-state index in [1.807, 2.05) is 49.4 Å². The highest BCUT2D eigenvalue weighted by Gasteiger charge is 2.40. The summed E-state index contributed by atoms with van der Waals surface area (Å²) in [4.78, 5) is 32.4. The maximum atomic E-state index is 12.7. The minimum atomic E-state index is -0.373. The van der Waals surface area contributed by atoms with Crippen molar-refractivity contribution in [3.05, 3.63) is 82.4 Å². The summed E-state index contributed by atoms with van der Waals surface area (Å²) < 4.78 is 6.13. The van der Waals surface area contributed by atoms with Gasteiger partial charge in [-0.1, -0.05) is 23.7 Å². The molecule has 2 amide bonds. The summed E-state index contributed by atoms with van der Waals surface area (Å²) in [5.41, 5.74) is 10.4. The molecule has 6 N–H and O–H groups in total. The number of aliphatic imine (C=N–C) groups is 1. The van der Waals surface area contributed by atoms with Crippen LogP contribution in [0.2, 0.25) is 5.02 Å². The zero-order valence-corrected chi connectivity index (χ0v) is 25.4. The molecule has 3 aromatic carbocycles. The summed E-state index contributed by atoms with van der Waals surface area (Å²) >= 11 is 6.21. The average Bonchev–Trinajstić information content (AvgIpc) is 3.33. The largest absolute Gasteiger partial charge is 0.504 e. The quantitative estimate of drug-likeness (QED) is 0.141. The van der Waals surface area contributed by atoms with Crippen molar-refractivity contribution in [3.8, 4) is 17.2 Å². The Morgan fingerprint density at radius 1 is 1.00 bits per heavy atom. The van der Waals surface area contributed by atoms with E-state index in [0.717, 1.165) is 22.5 Å². The number of aromatic hydroxyl groups is 2. The van der Waals surface area contributed by atoms with Gasteiger partial charge in [0.25, 0.3) is 5.91 Å². The molecule has 2 heterocycles. The number of ether oxygens (including phenoxy) is 1. The summed E-state index contributed by atoms with van der Waals surface area (Å²) in [6, 6.07) is 17.1. The lowest BCUT2D eigenvalue weighted by Gasteiger charge is -2.31. The summed E-state index contributed by atoms with van der Waals surface area (Å²) in [5.74, 6) is -0.322. The van der Waals surface area contributed by atoms with Crippen LogP contribution in [0.25, 0.3) is 0 Å². The van der Waals surface area contributed by atoms with Crippen molar-refractivity contribution < 1.29 is 24.5 Å². The number of carbonyl (C=O) groups is 2. The van der Waals surface area contributed by atoms with Crippen molar-refractivity contribution >= 4 is 34.8 Å². The first-order valence-electron chi connectivity index (χ1n) is 14.7. The molecule has 44 heavy (non-hydrogen) atoms. The molecule has 0 aromatic heterocycles. The Hall–Kier alpha value is -4.32. The Kier molecular flexibility index (Phi) is 9.89. The lowest BCUT2D eigenvalue weighted by Crippen LogP contribution is -2.47. The van der Waals surface area contributed by atoms with Crippen LogP contribution < -0.4 is 31.1 Å². The van der Waals surface area contributed by atoms with Crippen LogP contribution in [0.15, 0.2) is 65.7 Å². The maximum Gasteiger partial charge on any atom is 0.251 e. The summed E-state index contributed by atoms with van der Waals surface area (Å²) in [5, 5.41) is 25.4. The van der Waals surface area contributed by atoms with Crippen LogP contribution in [0.5, 0.6) is 17.2 Å². The zero-order valence-electron chi connectivity index (χ0n) is 24.6. The SMILES string of the molecule is CCNC(=O)CC1N=C(c2ccc(Cl)cc2)c2cc(OCCCCNC(=O)c3ccc(O)c(O)c3)ccc2N2C(C)NNC12. The third-order valence-electron chi connectivity index (χ3n) is 7.57. The number of unbranched alkanes of at least 4 members (excludes halogenated alkanes) is 1. The van der Waals surface area contributed by atoms with E-state index < -0.39 is 0 Å². The van der Waals surface area contributed by atoms with E-state index in [2.05, 4.69) is 33.3 Å². The molecule has 3 aromatic rings. The number of phenols is 2. The van der Waals surface area contributed by atoms with E-state index in [4.69, 9.17) is 21.3 Å². The van der Waals surface area contributed by atoms with Gasteiger partial charge in [-0.15, -0.1) is 0 Å². The number of hydrogen-bond acceptors (Lipinski definition) is 9. The molecule has 12 heteroatoms. The van der Waals surface area contributed by atoms with E-state index >= 15 is 0 Å². The number of anilines is 1. The third kappa shape index (κ3) is 7.07. The molecular formula is C32H37ClN6O5. The minimum absolute atomic E-state index is 0.0530. The standard InChI is InChI=1S/C32H37ClN6O5/c1-3-34-29(42)18-25-31-38-37-19(2)39(31)26-12-11-23(17-24(26)30(36-25)20-6-9-22(33)10-7-20)44-15-5-4-14-35-32(43)21-8-13-27(40)28(41)16-21/h6-13,16-17,19,25,31,37-38,40-41H,3-5,14-15,18H2,1-2H3,(H,34,42)(H,35,43). The third-order valence-corrected chi connectivity index (χ3v) is 7.82. The van der Waals surface area contributed by atoms with Gasteiger partial charge in [-0.05, 0) is 75.2 Å². The predicted molar refractivity (Wildman–Crippen MR) is 169 cm³/mol. The van der Waals surface area contributed by atoms with Crippen molar-refractivity contribution in [1.82, 2.24) is 21.5 Å². The Bertz CT molecular complexity index is 1530. The van der Waals surface area contributed by atoms with E-state index in [1.165, 1.54) is 18.2 Å². The number of amides is 2. The van der Waals surface area contributed by atoms with Crippen LogP contribution in [0, 0.1) is 0 Å². The summed E-state index contributed by atoms with van der Waals surface area (Å²) in [6.45, 7) is 5.37. The second kappa shape index (κ2) is 14.0. The van der Waals surface area contributed by atoms with Crippen LogP contribution in [-0.4, -0.2) is 65.8 Å². The molecule has 0 saturated carbocycles. The minimum Gasteiger partial charge on any atom is -0.504 e. The molecule has 3 unspecified atom stereocenters. The van der Waals surface area contributed by atoms with Crippen molar-refractivity contribution in [2.45, 2.75) is 51.5 Å². The van der Waals surface area contributed by atoms with Gasteiger partial charge in [0.1, 0.15) is 11.9 Å². The highest BCUT2D eigenvalue weighted by atomic mass is 35.5. The van der Waals surface area contributed by atoms with Crippen LogP contribution in [0.3, 0.4) is 0 Å². The number of phenolic OH excluding ortho intramolecular Hbond substituents is 2. The van der Waals surface area contributed by atoms with Gasteiger partial charge >= 0.3 is 0 Å². The second-order valence-electron chi connectivity index (χ2n) is 10.7. The highest BCUT2D eigenvalue weighted by Crippen LogP contribution is 2.36. The topological polar surface area (TPSA) is 148 Å². The van der Waals surface area contributed by atoms with Gasteiger partial charge < -0.3 is 30.5 Å². The average molecular weight is 621 g/mol. The van der Waals surface area contributed by atoms with Crippen molar-refractivity contribution in [3.63, 3.8) is 0 Å². The molecule has 232 valence electrons. The smallest absolute Gasteiger partial charge is 0.251 e. The lowest BCUT2D eigenvalue weighted by atomic mass is 9.99. The molecule has 1 saturated heterocycles. The number of nitrogens with zero attached hydrogens (tertiary/aromatic N) is 2. The molecule has 11 nitrogen and oxygen atoms in total. The van der Waals surface area contributed by atoms with Crippen molar-refractivity contribution in [1.29, 1.82) is 0 Å². The number of nitrogens with one attached hydrogen (secondary N) is 4. The van der Waals surface area contributed by atoms with Crippen LogP contribution >= 0.6 is 11.6 Å². The Labute approximate surface area is 261 Å². The fourth-order valence-corrected chi connectivity index (χ4v) is 5.52. The first-order chi connectivity index (χ1) is 21.2. The molecule has 0 aliphatic carbocycles. The van der Waals surface area contributed by atoms with Crippen molar-refractivity contribution in [2.24, 2.45) is 4.99 Å². The van der Waals surface area contributed by atoms with Gasteiger partial charge in [0.15, 0.2) is 11.5 Å². The van der Waals surface area contributed by atoms with Gasteiger partial charge in [0.2, 0.25) is 5.91 Å². The Morgan fingerprint density at radius 3 is 2.55 bits per heavy atom. The molecular weight excluding hydrogens is 584 g/mol. The van der Waals surface area contributed by atoms with Gasteiger partial charge in [-0.3, -0.25) is 14.6 Å². The number of benzene rings is 3. The highest BCUT2D eigenvalue weighted by molar-refractivity contribution is 6.30. The number of hydrogen-bond donors (Lipinski definition) is 6. The number of fused-ring (bicyclic) bond motifs is 3.